The van der Waals surface area contributed by atoms with Crippen molar-refractivity contribution < 1.29 is 4.74 Å². The van der Waals surface area contributed by atoms with Gasteiger partial charge >= 0.3 is 0 Å². The zero-order chi connectivity index (χ0) is 11.3. The third kappa shape index (κ3) is 3.44. The molecular weight excluding hydrogens is 188 g/mol. The van der Waals surface area contributed by atoms with Crippen LogP contribution in [0.4, 0.5) is 0 Å². The molecule has 1 aliphatic heterocycles. The minimum absolute atomic E-state index is 0.413. The lowest BCUT2D eigenvalue weighted by molar-refractivity contribution is 0.0435. The molecule has 3 heteroatoms. The Morgan fingerprint density at radius 3 is 2.40 bits per heavy atom. The van der Waals surface area contributed by atoms with Crippen LogP contribution >= 0.6 is 0 Å². The highest BCUT2D eigenvalue weighted by Crippen LogP contribution is 2.34. The average molecular weight is 214 g/mol. The lowest BCUT2D eigenvalue weighted by Crippen LogP contribution is -2.49. The summed E-state index contributed by atoms with van der Waals surface area (Å²) >= 11 is 0. The summed E-state index contributed by atoms with van der Waals surface area (Å²) in [6.45, 7) is 8.52. The molecule has 1 rings (SSSR count). The monoisotopic (exact) mass is 214 g/mol. The Hall–Kier alpha value is -0.120. The summed E-state index contributed by atoms with van der Waals surface area (Å²) < 4.78 is 5.20. The molecule has 1 saturated heterocycles. The van der Waals surface area contributed by atoms with Crippen molar-refractivity contribution in [2.45, 2.75) is 39.2 Å². The minimum atomic E-state index is 0.413. The van der Waals surface area contributed by atoms with Crippen molar-refractivity contribution >= 4 is 0 Å². The highest BCUT2D eigenvalue weighted by atomic mass is 16.5. The van der Waals surface area contributed by atoms with Gasteiger partial charge in [0.2, 0.25) is 0 Å². The second-order valence-corrected chi connectivity index (χ2v) is 5.05. The molecule has 1 atom stereocenters. The van der Waals surface area contributed by atoms with Crippen LogP contribution < -0.4 is 5.73 Å². The number of rotatable bonds is 5. The van der Waals surface area contributed by atoms with E-state index in [1.165, 1.54) is 32.4 Å². The van der Waals surface area contributed by atoms with E-state index < -0.39 is 0 Å². The zero-order valence-corrected chi connectivity index (χ0v) is 10.5. The van der Waals surface area contributed by atoms with Gasteiger partial charge < -0.3 is 10.5 Å². The largest absolute Gasteiger partial charge is 0.383 e. The van der Waals surface area contributed by atoms with Gasteiger partial charge in [0.05, 0.1) is 6.61 Å². The number of nitrogens with zero attached hydrogens (tertiary/aromatic N) is 1. The Bertz CT molecular complexity index is 176. The van der Waals surface area contributed by atoms with E-state index in [0.29, 0.717) is 18.0 Å². The molecule has 0 saturated carbocycles. The van der Waals surface area contributed by atoms with Crippen molar-refractivity contribution in [2.75, 3.05) is 33.4 Å². The zero-order valence-electron chi connectivity index (χ0n) is 10.5. The van der Waals surface area contributed by atoms with Gasteiger partial charge in [-0.1, -0.05) is 20.3 Å². The molecule has 0 aromatic rings. The smallest absolute Gasteiger partial charge is 0.0630 e. The quantitative estimate of drug-likeness (QED) is 0.753. The van der Waals surface area contributed by atoms with Crippen LogP contribution in [0.1, 0.15) is 33.1 Å². The summed E-state index contributed by atoms with van der Waals surface area (Å²) in [7, 11) is 1.75. The van der Waals surface area contributed by atoms with Crippen LogP contribution in [-0.4, -0.2) is 44.3 Å². The first-order valence-corrected chi connectivity index (χ1v) is 6.08. The summed E-state index contributed by atoms with van der Waals surface area (Å²) in [6, 6.07) is 0.413. The van der Waals surface area contributed by atoms with Gasteiger partial charge in [0, 0.05) is 19.7 Å². The van der Waals surface area contributed by atoms with Gasteiger partial charge in [-0.3, -0.25) is 4.90 Å². The summed E-state index contributed by atoms with van der Waals surface area (Å²) in [6.07, 6.45) is 3.88. The van der Waals surface area contributed by atoms with Gasteiger partial charge in [-0.05, 0) is 31.3 Å². The van der Waals surface area contributed by atoms with E-state index in [9.17, 15) is 0 Å². The molecule has 0 amide bonds. The van der Waals surface area contributed by atoms with Crippen molar-refractivity contribution in [1.82, 2.24) is 4.90 Å². The normalized spacial score (nSPS) is 24.0. The van der Waals surface area contributed by atoms with Gasteiger partial charge in [-0.15, -0.1) is 0 Å². The van der Waals surface area contributed by atoms with E-state index in [4.69, 9.17) is 10.5 Å². The maximum absolute atomic E-state index is 5.77. The van der Waals surface area contributed by atoms with Crippen molar-refractivity contribution in [3.8, 4) is 0 Å². The van der Waals surface area contributed by atoms with Gasteiger partial charge in [-0.2, -0.15) is 0 Å². The molecule has 1 fully saturated rings. The van der Waals surface area contributed by atoms with Gasteiger partial charge in [-0.25, -0.2) is 0 Å². The molecule has 1 heterocycles. The molecular formula is C12H26N2O. The number of ether oxygens (including phenoxy) is 1. The summed E-state index contributed by atoms with van der Waals surface area (Å²) in [5.41, 5.74) is 6.33. The molecule has 0 bridgehead atoms. The van der Waals surface area contributed by atoms with E-state index in [2.05, 4.69) is 18.7 Å². The Morgan fingerprint density at radius 2 is 2.00 bits per heavy atom. The molecule has 15 heavy (non-hydrogen) atoms. The third-order valence-electron chi connectivity index (χ3n) is 4.01. The Labute approximate surface area is 94.0 Å². The number of likely N-dealkylation sites (tertiary alicyclic amines) is 1. The molecule has 0 spiro atoms. The fourth-order valence-electron chi connectivity index (χ4n) is 2.30. The topological polar surface area (TPSA) is 38.5 Å². The maximum atomic E-state index is 5.77. The molecule has 0 radical (unpaired) electrons. The van der Waals surface area contributed by atoms with Crippen LogP contribution in [0.5, 0.6) is 0 Å². The summed E-state index contributed by atoms with van der Waals surface area (Å²) in [5, 5.41) is 0. The number of methoxy groups -OCH3 is 1. The van der Waals surface area contributed by atoms with Gasteiger partial charge in [0.25, 0.3) is 0 Å². The number of piperidine rings is 1. The van der Waals surface area contributed by atoms with Crippen LogP contribution in [0.2, 0.25) is 0 Å². The fraction of sp³-hybridized carbons (Fsp3) is 1.00. The predicted octanol–water partition coefficient (Wildman–Crippen LogP) is 1.47. The number of hydrogen-bond donors (Lipinski definition) is 1. The first-order valence-electron chi connectivity index (χ1n) is 6.08. The lowest BCUT2D eigenvalue weighted by Gasteiger charge is -2.42. The van der Waals surface area contributed by atoms with Gasteiger partial charge in [0.1, 0.15) is 0 Å². The Balaban J connectivity index is 2.41. The second-order valence-electron chi connectivity index (χ2n) is 5.05. The molecule has 1 aliphatic rings. The SMILES string of the molecule is CCC1(C)CCN(C(CN)COC)CC1. The highest BCUT2D eigenvalue weighted by molar-refractivity contribution is 4.84. The van der Waals surface area contributed by atoms with Crippen molar-refractivity contribution in [1.29, 1.82) is 0 Å². The van der Waals surface area contributed by atoms with Crippen molar-refractivity contribution in [2.24, 2.45) is 11.1 Å². The van der Waals surface area contributed by atoms with E-state index in [0.717, 1.165) is 6.61 Å². The predicted molar refractivity (Wildman–Crippen MR) is 63.9 cm³/mol. The lowest BCUT2D eigenvalue weighted by atomic mass is 9.78. The van der Waals surface area contributed by atoms with E-state index >= 15 is 0 Å². The molecule has 2 N–H and O–H groups in total. The van der Waals surface area contributed by atoms with Gasteiger partial charge in [0.15, 0.2) is 0 Å². The molecule has 1 unspecified atom stereocenters. The van der Waals surface area contributed by atoms with E-state index in [1.54, 1.807) is 7.11 Å². The summed E-state index contributed by atoms with van der Waals surface area (Å²) in [4.78, 5) is 2.49. The van der Waals surface area contributed by atoms with Crippen LogP contribution in [0.25, 0.3) is 0 Å². The van der Waals surface area contributed by atoms with Crippen LogP contribution in [0, 0.1) is 5.41 Å². The maximum Gasteiger partial charge on any atom is 0.0630 e. The van der Waals surface area contributed by atoms with Crippen LogP contribution in [0.15, 0.2) is 0 Å². The molecule has 3 nitrogen and oxygen atoms in total. The standard InChI is InChI=1S/C12H26N2O/c1-4-12(2)5-7-14(8-6-12)11(9-13)10-15-3/h11H,4-10,13H2,1-3H3. The molecule has 0 aliphatic carbocycles. The minimum Gasteiger partial charge on any atom is -0.383 e. The first kappa shape index (κ1) is 12.9. The van der Waals surface area contributed by atoms with E-state index in [-0.39, 0.29) is 0 Å². The van der Waals surface area contributed by atoms with Crippen LogP contribution in [0.3, 0.4) is 0 Å². The van der Waals surface area contributed by atoms with Crippen molar-refractivity contribution in [3.05, 3.63) is 0 Å². The number of hydrogen-bond acceptors (Lipinski definition) is 3. The highest BCUT2D eigenvalue weighted by Gasteiger charge is 2.30. The Morgan fingerprint density at radius 1 is 1.40 bits per heavy atom. The van der Waals surface area contributed by atoms with E-state index in [1.807, 2.05) is 0 Å². The molecule has 0 aromatic carbocycles. The first-order chi connectivity index (χ1) is 7.15. The molecule has 90 valence electrons. The fourth-order valence-corrected chi connectivity index (χ4v) is 2.30. The van der Waals surface area contributed by atoms with Crippen molar-refractivity contribution in [3.63, 3.8) is 0 Å². The third-order valence-corrected chi connectivity index (χ3v) is 4.01. The summed E-state index contributed by atoms with van der Waals surface area (Å²) in [5.74, 6) is 0. The average Bonchev–Trinajstić information content (AvgIpc) is 2.27. The van der Waals surface area contributed by atoms with Crippen LogP contribution in [-0.2, 0) is 4.74 Å². The number of nitrogens with two attached hydrogens (primary N) is 1. The Kier molecular flexibility index (Phi) is 5.03. The second kappa shape index (κ2) is 5.83. The molecule has 0 aromatic heterocycles.